The number of amides is 3. The summed E-state index contributed by atoms with van der Waals surface area (Å²) in [6.45, 7) is 7.02. The summed E-state index contributed by atoms with van der Waals surface area (Å²) in [6, 6.07) is 28.8. The van der Waals surface area contributed by atoms with Gasteiger partial charge in [-0.05, 0) is 84.3 Å². The van der Waals surface area contributed by atoms with E-state index in [0.717, 1.165) is 94.3 Å². The van der Waals surface area contributed by atoms with Gasteiger partial charge in [-0.1, -0.05) is 92.7 Å². The number of nitrogens with one attached hydrogen (secondary N) is 2. The summed E-state index contributed by atoms with van der Waals surface area (Å²) in [5, 5.41) is 9.81. The number of pyridine rings is 1. The van der Waals surface area contributed by atoms with E-state index < -0.39 is 12.1 Å². The lowest BCUT2D eigenvalue weighted by Crippen LogP contribution is -2.50. The highest BCUT2D eigenvalue weighted by molar-refractivity contribution is 5.86. The number of aromatic nitrogens is 5. The van der Waals surface area contributed by atoms with Gasteiger partial charge in [0.05, 0.1) is 35.9 Å². The Balaban J connectivity index is 0.929. The first-order chi connectivity index (χ1) is 29.7. The third-order valence-corrected chi connectivity index (χ3v) is 12.4. The van der Waals surface area contributed by atoms with Gasteiger partial charge in [-0.3, -0.25) is 24.4 Å². The predicted molar refractivity (Wildman–Crippen MR) is 234 cm³/mol. The first kappa shape index (κ1) is 41.1. The second-order valence-corrected chi connectivity index (χ2v) is 15.9. The quantitative estimate of drug-likeness (QED) is 0.0995. The SMILES string of the molecule is CCN(CC)[C@@H](C(=O)N1CCC[C@H]1c1ncc(-c2ccc(-c3ccc(-c4cnc([C@@H]5CCCN5C(=O)[C@H](Cc5ccncc5)N(C)C(=O)O)[nH]4)cc3)cc2)[nH]1)c1ccccc1. The van der Waals surface area contributed by atoms with Crippen LogP contribution in [-0.2, 0) is 16.0 Å². The van der Waals surface area contributed by atoms with Crippen molar-refractivity contribution in [3.8, 4) is 33.6 Å². The molecule has 3 N–H and O–H groups in total. The Morgan fingerprint density at radius 2 is 1.20 bits per heavy atom. The number of carbonyl (C=O) groups is 3. The number of likely N-dealkylation sites (tertiary alicyclic amines) is 2. The highest BCUT2D eigenvalue weighted by atomic mass is 16.4. The van der Waals surface area contributed by atoms with E-state index in [1.54, 1.807) is 35.6 Å². The van der Waals surface area contributed by atoms with Gasteiger partial charge in [-0.25, -0.2) is 14.8 Å². The van der Waals surface area contributed by atoms with E-state index in [0.29, 0.717) is 18.9 Å². The van der Waals surface area contributed by atoms with Crippen LogP contribution in [0.2, 0.25) is 0 Å². The Labute approximate surface area is 356 Å². The summed E-state index contributed by atoms with van der Waals surface area (Å²) in [5.74, 6) is 1.39. The van der Waals surface area contributed by atoms with Crippen molar-refractivity contribution in [3.05, 3.63) is 139 Å². The number of imidazole rings is 2. The van der Waals surface area contributed by atoms with Gasteiger partial charge in [0, 0.05) is 39.0 Å². The number of carboxylic acid groups (broad SMARTS) is 1. The van der Waals surface area contributed by atoms with E-state index in [1.807, 2.05) is 29.3 Å². The first-order valence-electron chi connectivity index (χ1n) is 21.3. The number of hydrogen-bond donors (Lipinski definition) is 3. The first-order valence-corrected chi connectivity index (χ1v) is 21.3. The number of carbonyl (C=O) groups excluding carboxylic acids is 2. The molecule has 0 saturated carbocycles. The van der Waals surface area contributed by atoms with Gasteiger partial charge < -0.3 is 24.9 Å². The maximum atomic E-state index is 14.2. The Kier molecular flexibility index (Phi) is 12.4. The highest BCUT2D eigenvalue weighted by Crippen LogP contribution is 2.37. The minimum atomic E-state index is -1.15. The maximum absolute atomic E-state index is 14.2. The van der Waals surface area contributed by atoms with Gasteiger partial charge in [0.15, 0.2) is 0 Å². The topological polar surface area (TPSA) is 155 Å². The Hall–Kier alpha value is -6.60. The van der Waals surface area contributed by atoms with Crippen LogP contribution in [0.25, 0.3) is 33.6 Å². The third-order valence-electron chi connectivity index (χ3n) is 12.4. The van der Waals surface area contributed by atoms with E-state index in [4.69, 9.17) is 9.97 Å². The molecule has 3 aromatic carbocycles. The van der Waals surface area contributed by atoms with Gasteiger partial charge in [-0.15, -0.1) is 0 Å². The van der Waals surface area contributed by atoms with Crippen molar-refractivity contribution in [2.75, 3.05) is 33.2 Å². The molecule has 0 bridgehead atoms. The number of H-pyrrole nitrogens is 2. The van der Waals surface area contributed by atoms with Crippen molar-refractivity contribution in [2.24, 2.45) is 0 Å². The van der Waals surface area contributed by atoms with E-state index in [2.05, 4.69) is 94.4 Å². The van der Waals surface area contributed by atoms with Crippen LogP contribution >= 0.6 is 0 Å². The minimum absolute atomic E-state index is 0.104. The van der Waals surface area contributed by atoms with Crippen molar-refractivity contribution in [1.29, 1.82) is 0 Å². The molecular formula is C48H53N9O4. The predicted octanol–water partition coefficient (Wildman–Crippen LogP) is 8.16. The molecule has 13 nitrogen and oxygen atoms in total. The lowest BCUT2D eigenvalue weighted by molar-refractivity contribution is -0.138. The Bertz CT molecular complexity index is 2410. The second-order valence-electron chi connectivity index (χ2n) is 15.9. The summed E-state index contributed by atoms with van der Waals surface area (Å²) in [4.78, 5) is 67.9. The zero-order valence-corrected chi connectivity index (χ0v) is 34.9. The van der Waals surface area contributed by atoms with Crippen molar-refractivity contribution in [3.63, 3.8) is 0 Å². The molecule has 13 heteroatoms. The maximum Gasteiger partial charge on any atom is 0.407 e. The number of nitrogens with zero attached hydrogens (tertiary/aromatic N) is 7. The molecule has 0 aliphatic carbocycles. The van der Waals surface area contributed by atoms with Gasteiger partial charge >= 0.3 is 6.09 Å². The lowest BCUT2D eigenvalue weighted by atomic mass is 10.0. The summed E-state index contributed by atoms with van der Waals surface area (Å²) in [5.41, 5.74) is 7.74. The molecule has 0 spiro atoms. The largest absolute Gasteiger partial charge is 0.465 e. The number of likely N-dealkylation sites (N-methyl/N-ethyl adjacent to an activating group) is 2. The molecule has 2 saturated heterocycles. The molecule has 0 unspecified atom stereocenters. The second kappa shape index (κ2) is 18.3. The molecule has 2 aliphatic rings. The smallest absolute Gasteiger partial charge is 0.407 e. The minimum Gasteiger partial charge on any atom is -0.465 e. The number of hydrogen-bond acceptors (Lipinski definition) is 7. The standard InChI is InChI=1S/C48H53N9O4/c1-4-55(5-2)43(37-11-7-6-8-12-37)47(59)57-28-10-14-41(57)45-51-31-39(53-45)36-21-17-34(18-22-36)33-15-19-35(20-16-33)38-30-50-44(52-38)40-13-9-27-56(40)46(58)42(54(3)48(60)61)29-32-23-25-49-26-24-32/h6-8,11-12,15-26,30-31,40-43H,4-5,9-10,13-14,27-29H2,1-3H3,(H,50,52)(H,51,53)(H,60,61)/t40-,41-,42-,43+/m0/s1. The Morgan fingerprint density at radius 1 is 0.705 bits per heavy atom. The fourth-order valence-electron chi connectivity index (χ4n) is 8.97. The molecule has 3 amide bonds. The monoisotopic (exact) mass is 819 g/mol. The van der Waals surface area contributed by atoms with Crippen molar-refractivity contribution in [2.45, 2.75) is 70.1 Å². The number of benzene rings is 3. The average molecular weight is 820 g/mol. The zero-order valence-electron chi connectivity index (χ0n) is 34.9. The summed E-state index contributed by atoms with van der Waals surface area (Å²) >= 11 is 0. The van der Waals surface area contributed by atoms with Crippen molar-refractivity contribution in [1.82, 2.24) is 44.5 Å². The van der Waals surface area contributed by atoms with Crippen molar-refractivity contribution < 1.29 is 19.5 Å². The van der Waals surface area contributed by atoms with Crippen LogP contribution in [0.1, 0.15) is 80.4 Å². The molecule has 8 rings (SSSR count). The van der Waals surface area contributed by atoms with Gasteiger partial charge in [0.1, 0.15) is 23.7 Å². The molecule has 2 aliphatic heterocycles. The van der Waals surface area contributed by atoms with Gasteiger partial charge in [-0.2, -0.15) is 0 Å². The third kappa shape index (κ3) is 8.69. The van der Waals surface area contributed by atoms with E-state index in [-0.39, 0.29) is 36.4 Å². The zero-order chi connectivity index (χ0) is 42.5. The van der Waals surface area contributed by atoms with E-state index in [1.165, 1.54) is 7.05 Å². The van der Waals surface area contributed by atoms with E-state index in [9.17, 15) is 19.5 Å². The fraction of sp³-hybridized carbons (Fsp3) is 0.333. The molecule has 314 valence electrons. The molecule has 5 heterocycles. The van der Waals surface area contributed by atoms with Crippen LogP contribution in [0.4, 0.5) is 4.79 Å². The van der Waals surface area contributed by atoms with Crippen LogP contribution in [0, 0.1) is 0 Å². The number of aromatic amines is 2. The molecular weight excluding hydrogens is 767 g/mol. The summed E-state index contributed by atoms with van der Waals surface area (Å²) in [7, 11) is 1.44. The molecule has 0 radical (unpaired) electrons. The van der Waals surface area contributed by atoms with Crippen molar-refractivity contribution >= 4 is 17.9 Å². The molecule has 4 atom stereocenters. The molecule has 2 fully saturated rings. The number of rotatable bonds is 14. The summed E-state index contributed by atoms with van der Waals surface area (Å²) in [6.07, 6.45) is 9.39. The van der Waals surface area contributed by atoms with Gasteiger partial charge in [0.2, 0.25) is 11.8 Å². The van der Waals surface area contributed by atoms with Crippen LogP contribution < -0.4 is 0 Å². The average Bonchev–Trinajstić information content (AvgIpc) is 4.15. The normalized spacial score (nSPS) is 17.4. The fourth-order valence-corrected chi connectivity index (χ4v) is 8.97. The van der Waals surface area contributed by atoms with Crippen LogP contribution in [-0.4, -0.2) is 107 Å². The molecule has 6 aromatic rings. The lowest BCUT2D eigenvalue weighted by Gasteiger charge is -2.34. The van der Waals surface area contributed by atoms with Crippen LogP contribution in [0.3, 0.4) is 0 Å². The molecule has 61 heavy (non-hydrogen) atoms. The van der Waals surface area contributed by atoms with Crippen LogP contribution in [0.5, 0.6) is 0 Å². The van der Waals surface area contributed by atoms with E-state index >= 15 is 0 Å². The van der Waals surface area contributed by atoms with Gasteiger partial charge in [0.25, 0.3) is 0 Å². The summed E-state index contributed by atoms with van der Waals surface area (Å²) < 4.78 is 0. The van der Waals surface area contributed by atoms with Crippen LogP contribution in [0.15, 0.2) is 116 Å². The highest BCUT2D eigenvalue weighted by Gasteiger charge is 2.39. The molecule has 3 aromatic heterocycles. The Morgan fingerprint density at radius 3 is 1.69 bits per heavy atom.